The summed E-state index contributed by atoms with van der Waals surface area (Å²) in [6.45, 7) is 36.4. The second-order valence-corrected chi connectivity index (χ2v) is 15.3. The summed E-state index contributed by atoms with van der Waals surface area (Å²) in [6, 6.07) is 0. The topological polar surface area (TPSA) is 0 Å². The zero-order valence-corrected chi connectivity index (χ0v) is 24.5. The Bertz CT molecular complexity index is 930. The SMILES string of the molecule is CC1=C(C)C(C)(C)[C]([Rh]([C]2=C(C)C(C)=C(C)C2(C)C)[C]2=C(C)C(C)=C(C)C2(C)C)=C1C. The van der Waals surface area contributed by atoms with Crippen LogP contribution in [0.3, 0.4) is 0 Å². The Morgan fingerprint density at radius 1 is 0.355 bits per heavy atom. The molecule has 0 bridgehead atoms. The molecule has 0 spiro atoms. The van der Waals surface area contributed by atoms with Gasteiger partial charge in [-0.05, 0) is 0 Å². The summed E-state index contributed by atoms with van der Waals surface area (Å²) in [7, 11) is 0. The first kappa shape index (κ1) is 24.7. The van der Waals surface area contributed by atoms with Gasteiger partial charge in [-0.3, -0.25) is 0 Å². The zero-order chi connectivity index (χ0) is 24.0. The van der Waals surface area contributed by atoms with E-state index in [4.69, 9.17) is 0 Å². The van der Waals surface area contributed by atoms with Crippen LogP contribution < -0.4 is 0 Å². The van der Waals surface area contributed by atoms with Gasteiger partial charge in [0, 0.05) is 0 Å². The molecule has 0 saturated carbocycles. The van der Waals surface area contributed by atoms with E-state index in [9.17, 15) is 0 Å². The van der Waals surface area contributed by atoms with Gasteiger partial charge in [0.2, 0.25) is 0 Å². The van der Waals surface area contributed by atoms with Crippen LogP contribution in [0.15, 0.2) is 62.7 Å². The first-order valence-electron chi connectivity index (χ1n) is 11.8. The molecule has 0 nitrogen and oxygen atoms in total. The normalized spacial score (nSPS) is 25.8. The molecule has 3 aliphatic rings. The molecule has 3 rings (SSSR count). The first-order valence-corrected chi connectivity index (χ1v) is 14.2. The quantitative estimate of drug-likeness (QED) is 0.333. The van der Waals surface area contributed by atoms with Crippen LogP contribution in [0.25, 0.3) is 0 Å². The van der Waals surface area contributed by atoms with E-state index in [0.29, 0.717) is 0 Å². The number of hydrogen-bond acceptors (Lipinski definition) is 0. The van der Waals surface area contributed by atoms with E-state index in [1.54, 1.807) is 45.9 Å². The van der Waals surface area contributed by atoms with E-state index in [-0.39, 0.29) is 16.2 Å². The Labute approximate surface area is 198 Å². The zero-order valence-electron chi connectivity index (χ0n) is 22.8. The van der Waals surface area contributed by atoms with E-state index in [2.05, 4.69) is 104 Å². The third-order valence-corrected chi connectivity index (χ3v) is 16.6. The Morgan fingerprint density at radius 2 is 0.548 bits per heavy atom. The Balaban J connectivity index is 2.44. The molecule has 3 aliphatic carbocycles. The summed E-state index contributed by atoms with van der Waals surface area (Å²) < 4.78 is 5.30. The van der Waals surface area contributed by atoms with Gasteiger partial charge < -0.3 is 0 Å². The van der Waals surface area contributed by atoms with Crippen LogP contribution in [0.4, 0.5) is 0 Å². The minimum absolute atomic E-state index is 0.128. The molecule has 31 heavy (non-hydrogen) atoms. The minimum atomic E-state index is -1.53. The molecule has 174 valence electrons. The summed E-state index contributed by atoms with van der Waals surface area (Å²) in [4.78, 5) is 0. The van der Waals surface area contributed by atoms with E-state index >= 15 is 0 Å². The van der Waals surface area contributed by atoms with E-state index in [1.807, 2.05) is 0 Å². The van der Waals surface area contributed by atoms with Gasteiger partial charge in [-0.25, -0.2) is 0 Å². The van der Waals surface area contributed by atoms with Crippen LogP contribution in [0.2, 0.25) is 0 Å². The molecular weight excluding hydrogens is 463 g/mol. The van der Waals surface area contributed by atoms with Gasteiger partial charge in [-0.2, -0.15) is 0 Å². The van der Waals surface area contributed by atoms with Crippen LogP contribution in [-0.4, -0.2) is 0 Å². The van der Waals surface area contributed by atoms with Gasteiger partial charge in [0.15, 0.2) is 0 Å². The Kier molecular flexibility index (Phi) is 5.80. The molecule has 0 aromatic carbocycles. The van der Waals surface area contributed by atoms with E-state index < -0.39 is 16.0 Å². The molecule has 0 fully saturated rings. The number of allylic oxidation sites excluding steroid dienone is 12. The van der Waals surface area contributed by atoms with Gasteiger partial charge in [-0.15, -0.1) is 0 Å². The van der Waals surface area contributed by atoms with Crippen molar-refractivity contribution in [3.63, 3.8) is 0 Å². The summed E-state index contributed by atoms with van der Waals surface area (Å²) in [5.74, 6) is 0. The summed E-state index contributed by atoms with van der Waals surface area (Å²) in [6.07, 6.45) is 0. The molecule has 0 radical (unpaired) electrons. The molecule has 1 heteroatoms. The average molecular weight is 509 g/mol. The summed E-state index contributed by atoms with van der Waals surface area (Å²) in [5, 5.41) is 0. The molecule has 0 unspecified atom stereocenters. The van der Waals surface area contributed by atoms with Crippen LogP contribution in [0, 0.1) is 16.2 Å². The van der Waals surface area contributed by atoms with Gasteiger partial charge in [-0.1, -0.05) is 0 Å². The fraction of sp³-hybridized carbons (Fsp3) is 0.600. The van der Waals surface area contributed by atoms with Crippen molar-refractivity contribution in [1.82, 2.24) is 0 Å². The molecule has 0 aromatic heterocycles. The van der Waals surface area contributed by atoms with Crippen molar-refractivity contribution >= 4 is 0 Å². The van der Waals surface area contributed by atoms with Crippen molar-refractivity contribution < 1.29 is 16.0 Å². The third-order valence-electron chi connectivity index (χ3n) is 9.19. The maximum atomic E-state index is 2.49. The molecule has 0 N–H and O–H groups in total. The fourth-order valence-corrected chi connectivity index (χ4v) is 13.8. The molecule has 0 aromatic rings. The molecule has 0 amide bonds. The van der Waals surface area contributed by atoms with E-state index in [1.165, 1.54) is 16.7 Å². The van der Waals surface area contributed by atoms with Crippen molar-refractivity contribution in [3.8, 4) is 0 Å². The molecular formula is C30H45Rh. The summed E-state index contributed by atoms with van der Waals surface area (Å²) >= 11 is -1.53. The van der Waals surface area contributed by atoms with Gasteiger partial charge in [0.1, 0.15) is 0 Å². The van der Waals surface area contributed by atoms with Crippen molar-refractivity contribution in [3.05, 3.63) is 62.7 Å². The van der Waals surface area contributed by atoms with Crippen LogP contribution in [0.1, 0.15) is 104 Å². The first-order chi connectivity index (χ1) is 13.9. The Morgan fingerprint density at radius 3 is 0.677 bits per heavy atom. The average Bonchev–Trinajstić information content (AvgIpc) is 2.99. The molecule has 0 atom stereocenters. The van der Waals surface area contributed by atoms with Crippen molar-refractivity contribution in [2.24, 2.45) is 16.2 Å². The van der Waals surface area contributed by atoms with Crippen LogP contribution >= 0.6 is 0 Å². The Hall–Kier alpha value is -0.937. The molecule has 0 saturated heterocycles. The van der Waals surface area contributed by atoms with Gasteiger partial charge in [0.25, 0.3) is 0 Å². The van der Waals surface area contributed by atoms with Crippen molar-refractivity contribution in [2.75, 3.05) is 0 Å². The predicted octanol–water partition coefficient (Wildman–Crippen LogP) is 9.56. The van der Waals surface area contributed by atoms with E-state index in [0.717, 1.165) is 0 Å². The maximum absolute atomic E-state index is 2.49. The predicted molar refractivity (Wildman–Crippen MR) is 135 cm³/mol. The number of rotatable bonds is 3. The monoisotopic (exact) mass is 508 g/mol. The standard InChI is InChI=1S/3C10H15.Rh/c3*1-7-6-10(4,5)9(3)8(7)2;/h3*1-5H3;. The van der Waals surface area contributed by atoms with Crippen LogP contribution in [-0.2, 0) is 16.0 Å². The van der Waals surface area contributed by atoms with Crippen molar-refractivity contribution in [1.29, 1.82) is 0 Å². The fourth-order valence-electron chi connectivity index (χ4n) is 5.84. The second-order valence-electron chi connectivity index (χ2n) is 11.6. The third kappa shape index (κ3) is 3.09. The van der Waals surface area contributed by atoms with Crippen molar-refractivity contribution in [2.45, 2.75) is 104 Å². The van der Waals surface area contributed by atoms with Gasteiger partial charge in [0.05, 0.1) is 0 Å². The number of hydrogen-bond donors (Lipinski definition) is 0. The molecule has 0 heterocycles. The van der Waals surface area contributed by atoms with Crippen LogP contribution in [0.5, 0.6) is 0 Å². The molecule has 0 aliphatic heterocycles. The second kappa shape index (κ2) is 7.28. The van der Waals surface area contributed by atoms with Gasteiger partial charge >= 0.3 is 199 Å². The summed E-state index contributed by atoms with van der Waals surface area (Å²) in [5.41, 5.74) is 14.4.